The lowest BCUT2D eigenvalue weighted by molar-refractivity contribution is 0.0383. The molecule has 0 atom stereocenters. The van der Waals surface area contributed by atoms with Gasteiger partial charge in [-0.15, -0.1) is 0 Å². The minimum atomic E-state index is -2.81. The van der Waals surface area contributed by atoms with Crippen molar-refractivity contribution in [3.8, 4) is 5.95 Å². The number of hydrogen-bond acceptors (Lipinski definition) is 10. The highest BCUT2D eigenvalue weighted by Gasteiger charge is 2.24. The van der Waals surface area contributed by atoms with Gasteiger partial charge in [0.1, 0.15) is 0 Å². The second kappa shape index (κ2) is 11.5. The summed E-state index contributed by atoms with van der Waals surface area (Å²) in [5, 5.41) is 3.18. The average molecular weight is 538 g/mol. The van der Waals surface area contributed by atoms with Crippen molar-refractivity contribution in [1.29, 1.82) is 0 Å². The van der Waals surface area contributed by atoms with E-state index in [4.69, 9.17) is 9.47 Å². The molecule has 0 bridgehead atoms. The molecule has 2 saturated heterocycles. The smallest absolute Gasteiger partial charge is 0.296 e. The molecule has 0 radical (unpaired) electrons. The Bertz CT molecular complexity index is 1400. The topological polar surface area (TPSA) is 106 Å². The summed E-state index contributed by atoms with van der Waals surface area (Å²) < 4.78 is 40.3. The molecule has 39 heavy (non-hydrogen) atoms. The molecule has 1 N–H and O–H groups in total. The van der Waals surface area contributed by atoms with E-state index in [9.17, 15) is 8.78 Å². The van der Waals surface area contributed by atoms with Crippen molar-refractivity contribution in [2.45, 2.75) is 12.8 Å². The summed E-state index contributed by atoms with van der Waals surface area (Å²) in [6.07, 6.45) is -0.253. The first-order chi connectivity index (χ1) is 19.1. The summed E-state index contributed by atoms with van der Waals surface area (Å²) in [4.78, 5) is 26.8. The fraction of sp³-hybridized carbons (Fsp3) is 0.423. The molecular formula is C26H29F2N9O2. The lowest BCUT2D eigenvalue weighted by Crippen LogP contribution is -2.37. The summed E-state index contributed by atoms with van der Waals surface area (Å²) in [5.41, 5.74) is 2.58. The standard InChI is InChI=1S/C26H29F2N9O2/c27-22(28)23-31-20-3-1-2-4-21(20)37(23)26-33-24(32-25(34-26)36-11-15-39-16-12-36)30-19-6-5-18(29-17-19)7-8-35-9-13-38-14-10-35/h1-6,17,22H,7-16H2,(H,30,32,33,34). The van der Waals surface area contributed by atoms with Gasteiger partial charge in [-0.2, -0.15) is 15.0 Å². The van der Waals surface area contributed by atoms with Gasteiger partial charge in [-0.05, 0) is 24.3 Å². The third-order valence-electron chi connectivity index (χ3n) is 6.76. The maximum absolute atomic E-state index is 14.1. The van der Waals surface area contributed by atoms with E-state index in [1.165, 1.54) is 4.57 Å². The van der Waals surface area contributed by atoms with E-state index in [0.717, 1.165) is 45.0 Å². The number of benzene rings is 1. The lowest BCUT2D eigenvalue weighted by atomic mass is 10.2. The molecule has 0 spiro atoms. The van der Waals surface area contributed by atoms with Crippen LogP contribution in [0.25, 0.3) is 17.0 Å². The number of aromatic nitrogens is 6. The number of para-hydroxylation sites is 2. The SMILES string of the molecule is FC(F)c1nc2ccccc2n1-c1nc(Nc2ccc(CCN3CCOCC3)nc2)nc(N2CCOCC2)n1. The van der Waals surface area contributed by atoms with Crippen LogP contribution >= 0.6 is 0 Å². The van der Waals surface area contributed by atoms with Crippen LogP contribution in [-0.4, -0.2) is 93.5 Å². The van der Waals surface area contributed by atoms with Crippen molar-refractivity contribution in [3.63, 3.8) is 0 Å². The predicted molar refractivity (Wildman–Crippen MR) is 141 cm³/mol. The lowest BCUT2D eigenvalue weighted by Gasteiger charge is -2.27. The Morgan fingerprint density at radius 3 is 2.33 bits per heavy atom. The Morgan fingerprint density at radius 2 is 1.59 bits per heavy atom. The van der Waals surface area contributed by atoms with Crippen LogP contribution in [0.3, 0.4) is 0 Å². The van der Waals surface area contributed by atoms with E-state index in [-0.39, 0.29) is 11.9 Å². The van der Waals surface area contributed by atoms with Crippen molar-refractivity contribution in [2.75, 3.05) is 69.4 Å². The summed E-state index contributed by atoms with van der Waals surface area (Å²) >= 11 is 0. The molecule has 13 heteroatoms. The zero-order valence-corrected chi connectivity index (χ0v) is 21.3. The van der Waals surface area contributed by atoms with E-state index in [2.05, 4.69) is 35.1 Å². The van der Waals surface area contributed by atoms with Crippen LogP contribution in [-0.2, 0) is 15.9 Å². The largest absolute Gasteiger partial charge is 0.379 e. The first-order valence-corrected chi connectivity index (χ1v) is 13.0. The highest BCUT2D eigenvalue weighted by Crippen LogP contribution is 2.28. The van der Waals surface area contributed by atoms with Crippen LogP contribution in [0.1, 0.15) is 17.9 Å². The quantitative estimate of drug-likeness (QED) is 0.361. The highest BCUT2D eigenvalue weighted by molar-refractivity contribution is 5.77. The monoisotopic (exact) mass is 537 g/mol. The van der Waals surface area contributed by atoms with Gasteiger partial charge in [0.25, 0.3) is 6.43 Å². The number of ether oxygens (including phenoxy) is 2. The van der Waals surface area contributed by atoms with Crippen molar-refractivity contribution in [2.24, 2.45) is 0 Å². The van der Waals surface area contributed by atoms with Gasteiger partial charge in [0.2, 0.25) is 17.8 Å². The molecule has 11 nitrogen and oxygen atoms in total. The third-order valence-corrected chi connectivity index (χ3v) is 6.76. The molecule has 0 saturated carbocycles. The Labute approximate surface area is 223 Å². The van der Waals surface area contributed by atoms with Crippen LogP contribution in [0, 0.1) is 0 Å². The van der Waals surface area contributed by atoms with E-state index in [1.807, 2.05) is 17.0 Å². The number of pyridine rings is 1. The number of anilines is 3. The zero-order chi connectivity index (χ0) is 26.6. The van der Waals surface area contributed by atoms with Crippen LogP contribution in [0.15, 0.2) is 42.6 Å². The van der Waals surface area contributed by atoms with E-state index in [1.54, 1.807) is 30.5 Å². The van der Waals surface area contributed by atoms with Crippen molar-refractivity contribution < 1.29 is 18.3 Å². The molecule has 6 rings (SSSR count). The number of rotatable bonds is 8. The number of halogens is 2. The van der Waals surface area contributed by atoms with Gasteiger partial charge in [-0.1, -0.05) is 12.1 Å². The summed E-state index contributed by atoms with van der Waals surface area (Å²) in [6.45, 7) is 6.54. The number of nitrogens with one attached hydrogen (secondary N) is 1. The number of imidazole rings is 1. The number of fused-ring (bicyclic) bond motifs is 1. The Balaban J connectivity index is 1.30. The molecule has 3 aromatic heterocycles. The molecule has 2 aliphatic heterocycles. The predicted octanol–water partition coefficient (Wildman–Crippen LogP) is 3.00. The van der Waals surface area contributed by atoms with Gasteiger partial charge in [-0.25, -0.2) is 13.8 Å². The first-order valence-electron chi connectivity index (χ1n) is 13.0. The van der Waals surface area contributed by atoms with Gasteiger partial charge in [0.15, 0.2) is 5.82 Å². The molecular weight excluding hydrogens is 508 g/mol. The Morgan fingerprint density at radius 1 is 0.846 bits per heavy atom. The van der Waals surface area contributed by atoms with Crippen LogP contribution in [0.5, 0.6) is 0 Å². The van der Waals surface area contributed by atoms with Crippen molar-refractivity contribution >= 4 is 28.6 Å². The molecule has 2 fully saturated rings. The molecule has 0 unspecified atom stereocenters. The van der Waals surface area contributed by atoms with E-state index >= 15 is 0 Å². The minimum Gasteiger partial charge on any atom is -0.379 e. The van der Waals surface area contributed by atoms with Gasteiger partial charge in [-0.3, -0.25) is 14.5 Å². The van der Waals surface area contributed by atoms with E-state index < -0.39 is 12.2 Å². The molecule has 4 aromatic rings. The van der Waals surface area contributed by atoms with Gasteiger partial charge in [0.05, 0.1) is 49.3 Å². The number of nitrogens with zero attached hydrogens (tertiary/aromatic N) is 8. The fourth-order valence-corrected chi connectivity index (χ4v) is 4.69. The van der Waals surface area contributed by atoms with Crippen molar-refractivity contribution in [1.82, 2.24) is 34.4 Å². The van der Waals surface area contributed by atoms with Crippen LogP contribution in [0.2, 0.25) is 0 Å². The van der Waals surface area contributed by atoms with E-state index in [0.29, 0.717) is 49.0 Å². The Hall–Kier alpha value is -3.81. The van der Waals surface area contributed by atoms with Gasteiger partial charge < -0.3 is 19.7 Å². The van der Waals surface area contributed by atoms with Crippen LogP contribution in [0.4, 0.5) is 26.4 Å². The maximum Gasteiger partial charge on any atom is 0.296 e. The fourth-order valence-electron chi connectivity index (χ4n) is 4.69. The normalized spacial score (nSPS) is 16.7. The van der Waals surface area contributed by atoms with Gasteiger partial charge in [0, 0.05) is 44.8 Å². The zero-order valence-electron chi connectivity index (χ0n) is 21.3. The molecule has 2 aliphatic rings. The van der Waals surface area contributed by atoms with Crippen molar-refractivity contribution in [3.05, 3.63) is 54.1 Å². The molecule has 0 aliphatic carbocycles. The molecule has 0 amide bonds. The van der Waals surface area contributed by atoms with Crippen LogP contribution < -0.4 is 10.2 Å². The summed E-state index contributed by atoms with van der Waals surface area (Å²) in [5.74, 6) is 0.238. The Kier molecular flexibility index (Phi) is 7.52. The molecule has 5 heterocycles. The number of morpholine rings is 2. The second-order valence-corrected chi connectivity index (χ2v) is 9.32. The average Bonchev–Trinajstić information content (AvgIpc) is 3.38. The second-order valence-electron chi connectivity index (χ2n) is 9.32. The molecule has 204 valence electrons. The summed E-state index contributed by atoms with van der Waals surface area (Å²) in [6, 6.07) is 10.8. The van der Waals surface area contributed by atoms with Gasteiger partial charge >= 0.3 is 0 Å². The highest BCUT2D eigenvalue weighted by atomic mass is 19.3. The first kappa shape index (κ1) is 25.5. The maximum atomic E-state index is 14.1. The number of hydrogen-bond donors (Lipinski definition) is 1. The third kappa shape index (κ3) is 5.79. The summed E-state index contributed by atoms with van der Waals surface area (Å²) in [7, 11) is 0. The minimum absolute atomic E-state index is 0.0630. The number of alkyl halides is 2. The molecule has 1 aromatic carbocycles.